The molecule has 0 aliphatic rings. The summed E-state index contributed by atoms with van der Waals surface area (Å²) in [4.78, 5) is 11.3. The zero-order chi connectivity index (χ0) is 15.5. The fourth-order valence-corrected chi connectivity index (χ4v) is 2.17. The summed E-state index contributed by atoms with van der Waals surface area (Å²) in [5.74, 6) is -0.960. The Kier molecular flexibility index (Phi) is 3.76. The molecule has 0 saturated heterocycles. The second-order valence-corrected chi connectivity index (χ2v) is 4.79. The molecule has 112 valence electrons. The molecule has 0 saturated carbocycles. The van der Waals surface area contributed by atoms with Gasteiger partial charge in [-0.15, -0.1) is 0 Å². The maximum atomic E-state index is 13.1. The summed E-state index contributed by atoms with van der Waals surface area (Å²) < 4.78 is 18.4. The second-order valence-electron chi connectivity index (χ2n) is 4.79. The van der Waals surface area contributed by atoms with Gasteiger partial charge >= 0.3 is 5.91 Å². The van der Waals surface area contributed by atoms with Crippen LogP contribution in [-0.4, -0.2) is 11.1 Å². The topological polar surface area (TPSA) is 74.5 Å². The van der Waals surface area contributed by atoms with Crippen molar-refractivity contribution in [2.45, 2.75) is 6.54 Å². The van der Waals surface area contributed by atoms with E-state index in [2.05, 4.69) is 5.32 Å². The average molecular weight is 300 g/mol. The van der Waals surface area contributed by atoms with Gasteiger partial charge in [0.05, 0.1) is 0 Å². The van der Waals surface area contributed by atoms with Crippen LogP contribution < -0.4 is 10.8 Å². The van der Waals surface area contributed by atoms with E-state index in [0.717, 1.165) is 10.9 Å². The van der Waals surface area contributed by atoms with Crippen LogP contribution in [0.2, 0.25) is 0 Å². The normalized spacial score (nSPS) is 10.6. The molecule has 0 unspecified atom stereocenters. The molecule has 3 rings (SSSR count). The van der Waals surface area contributed by atoms with E-state index < -0.39 is 5.91 Å². The number of nitrogens with one attached hydrogen (secondary N) is 2. The highest BCUT2D eigenvalue weighted by Gasteiger charge is 2.11. The number of halogens is 1. The Bertz CT molecular complexity index is 829. The average Bonchev–Trinajstić information content (AvgIpc) is 2.95. The molecule has 6 heteroatoms. The summed E-state index contributed by atoms with van der Waals surface area (Å²) in [7, 11) is 0. The molecule has 0 spiro atoms. The summed E-state index contributed by atoms with van der Waals surface area (Å²) in [5, 5.41) is 12.5. The Hall–Kier alpha value is -2.86. The highest BCUT2D eigenvalue weighted by molar-refractivity contribution is 5.95. The third-order valence-electron chi connectivity index (χ3n) is 3.23. The lowest BCUT2D eigenvalue weighted by Crippen LogP contribution is -2.17. The molecular weight excluding hydrogens is 287 g/mol. The summed E-state index contributed by atoms with van der Waals surface area (Å²) in [6.45, 7) is 0.506. The maximum absolute atomic E-state index is 13.1. The molecule has 0 radical (unpaired) electrons. The van der Waals surface area contributed by atoms with Gasteiger partial charge in [0, 0.05) is 17.6 Å². The van der Waals surface area contributed by atoms with E-state index in [9.17, 15) is 9.18 Å². The lowest BCUT2D eigenvalue weighted by atomic mass is 10.1. The number of hydrogen-bond donors (Lipinski definition) is 3. The fraction of sp³-hybridized carbons (Fsp3) is 0.0625. The molecule has 1 heterocycles. The molecule has 2 aromatic carbocycles. The number of furan rings is 1. The van der Waals surface area contributed by atoms with Gasteiger partial charge in [-0.05, 0) is 42.0 Å². The van der Waals surface area contributed by atoms with E-state index in [-0.39, 0.29) is 11.6 Å². The van der Waals surface area contributed by atoms with Crippen molar-refractivity contribution < 1.29 is 18.8 Å². The van der Waals surface area contributed by atoms with Crippen LogP contribution in [-0.2, 0) is 6.54 Å². The van der Waals surface area contributed by atoms with Crippen LogP contribution in [0, 0.1) is 5.82 Å². The van der Waals surface area contributed by atoms with Gasteiger partial charge in [0.2, 0.25) is 0 Å². The van der Waals surface area contributed by atoms with Gasteiger partial charge in [0.15, 0.2) is 5.76 Å². The predicted octanol–water partition coefficient (Wildman–Crippen LogP) is 3.30. The van der Waals surface area contributed by atoms with Crippen LogP contribution in [0.15, 0.2) is 52.9 Å². The number of fused-ring (bicyclic) bond motifs is 1. The van der Waals surface area contributed by atoms with Crippen LogP contribution in [0.3, 0.4) is 0 Å². The van der Waals surface area contributed by atoms with Crippen LogP contribution in [0.5, 0.6) is 0 Å². The largest absolute Gasteiger partial charge is 0.451 e. The van der Waals surface area contributed by atoms with E-state index in [4.69, 9.17) is 9.62 Å². The second kappa shape index (κ2) is 5.87. The Balaban J connectivity index is 1.78. The van der Waals surface area contributed by atoms with Crippen LogP contribution in [0.4, 0.5) is 10.1 Å². The molecule has 3 aromatic rings. The lowest BCUT2D eigenvalue weighted by molar-refractivity contribution is 0.0678. The minimum atomic E-state index is -0.698. The Morgan fingerprint density at radius 3 is 2.82 bits per heavy atom. The molecule has 0 fully saturated rings. The standard InChI is InChI=1S/C16H13FN2O3/c17-12-2-1-3-13(8-12)18-9-10-4-5-14-11(6-10)7-15(22-14)16(20)19-21/h1-8,18,21H,9H2,(H,19,20). The van der Waals surface area contributed by atoms with Crippen molar-refractivity contribution >= 4 is 22.6 Å². The first-order valence-corrected chi connectivity index (χ1v) is 6.62. The van der Waals surface area contributed by atoms with Gasteiger partial charge in [0.1, 0.15) is 11.4 Å². The highest BCUT2D eigenvalue weighted by atomic mass is 19.1. The van der Waals surface area contributed by atoms with E-state index >= 15 is 0 Å². The number of hydrogen-bond acceptors (Lipinski definition) is 4. The SMILES string of the molecule is O=C(NO)c1cc2cc(CNc3cccc(F)c3)ccc2o1. The van der Waals surface area contributed by atoms with Crippen LogP contribution >= 0.6 is 0 Å². The molecule has 0 bridgehead atoms. The zero-order valence-electron chi connectivity index (χ0n) is 11.5. The first-order chi connectivity index (χ1) is 10.7. The lowest BCUT2D eigenvalue weighted by Gasteiger charge is -2.06. The van der Waals surface area contributed by atoms with Gasteiger partial charge in [-0.25, -0.2) is 9.87 Å². The zero-order valence-corrected chi connectivity index (χ0v) is 11.5. The summed E-state index contributed by atoms with van der Waals surface area (Å²) >= 11 is 0. The monoisotopic (exact) mass is 300 g/mol. The quantitative estimate of drug-likeness (QED) is 0.510. The molecule has 22 heavy (non-hydrogen) atoms. The van der Waals surface area contributed by atoms with Crippen LogP contribution in [0.25, 0.3) is 11.0 Å². The molecule has 1 amide bonds. The molecule has 3 N–H and O–H groups in total. The number of benzene rings is 2. The Morgan fingerprint density at radius 1 is 1.18 bits per heavy atom. The number of anilines is 1. The van der Waals surface area contributed by atoms with Gasteiger partial charge < -0.3 is 9.73 Å². The van der Waals surface area contributed by atoms with Crippen molar-refractivity contribution in [3.63, 3.8) is 0 Å². The highest BCUT2D eigenvalue weighted by Crippen LogP contribution is 2.21. The number of hydroxylamine groups is 1. The predicted molar refractivity (Wildman–Crippen MR) is 79.2 cm³/mol. The number of amides is 1. The third kappa shape index (κ3) is 2.91. The Morgan fingerprint density at radius 2 is 2.05 bits per heavy atom. The first kappa shape index (κ1) is 14.1. The van der Waals surface area contributed by atoms with Crippen molar-refractivity contribution in [1.29, 1.82) is 0 Å². The summed E-state index contributed by atoms with van der Waals surface area (Å²) in [6, 6.07) is 13.2. The smallest absolute Gasteiger partial charge is 0.310 e. The van der Waals surface area contributed by atoms with E-state index in [1.807, 2.05) is 12.1 Å². The third-order valence-corrected chi connectivity index (χ3v) is 3.23. The molecule has 0 atom stereocenters. The fourth-order valence-electron chi connectivity index (χ4n) is 2.17. The van der Waals surface area contributed by atoms with Crippen molar-refractivity contribution in [1.82, 2.24) is 5.48 Å². The summed E-state index contributed by atoms with van der Waals surface area (Å²) in [5.41, 5.74) is 3.72. The van der Waals surface area contributed by atoms with Gasteiger partial charge in [-0.2, -0.15) is 0 Å². The van der Waals surface area contributed by atoms with Gasteiger partial charge in [-0.3, -0.25) is 10.0 Å². The Labute approximate surface area is 125 Å². The molecule has 5 nitrogen and oxygen atoms in total. The maximum Gasteiger partial charge on any atom is 0.310 e. The van der Waals surface area contributed by atoms with Crippen molar-refractivity contribution in [3.05, 3.63) is 65.7 Å². The minimum Gasteiger partial charge on any atom is -0.451 e. The van der Waals surface area contributed by atoms with Gasteiger partial charge in [-0.1, -0.05) is 12.1 Å². The van der Waals surface area contributed by atoms with Crippen molar-refractivity contribution in [3.8, 4) is 0 Å². The van der Waals surface area contributed by atoms with Crippen LogP contribution in [0.1, 0.15) is 16.1 Å². The van der Waals surface area contributed by atoms with E-state index in [1.165, 1.54) is 17.6 Å². The molecule has 1 aromatic heterocycles. The first-order valence-electron chi connectivity index (χ1n) is 6.62. The molecule has 0 aliphatic heterocycles. The van der Waals surface area contributed by atoms with Gasteiger partial charge in [0.25, 0.3) is 0 Å². The molecular formula is C16H13FN2O3. The van der Waals surface area contributed by atoms with E-state index in [1.54, 1.807) is 24.3 Å². The minimum absolute atomic E-state index is 0.0349. The van der Waals surface area contributed by atoms with Crippen molar-refractivity contribution in [2.75, 3.05) is 5.32 Å². The van der Waals surface area contributed by atoms with E-state index in [0.29, 0.717) is 17.8 Å². The van der Waals surface area contributed by atoms with Crippen molar-refractivity contribution in [2.24, 2.45) is 0 Å². The number of carbonyl (C=O) groups is 1. The summed E-state index contributed by atoms with van der Waals surface area (Å²) in [6.07, 6.45) is 0. The molecule has 0 aliphatic carbocycles. The number of carbonyl (C=O) groups excluding carboxylic acids is 1. The number of rotatable bonds is 4.